The van der Waals surface area contributed by atoms with E-state index in [0.29, 0.717) is 44.7 Å². The summed E-state index contributed by atoms with van der Waals surface area (Å²) < 4.78 is 18.5. The maximum atomic E-state index is 13.2. The van der Waals surface area contributed by atoms with E-state index in [0.717, 1.165) is 34.0 Å². The van der Waals surface area contributed by atoms with Gasteiger partial charge in [0, 0.05) is 30.8 Å². The lowest BCUT2D eigenvalue weighted by atomic mass is 10.0. The Hall–Kier alpha value is -3.32. The number of carbonyl (C=O) groups is 1. The number of aromatic nitrogens is 2. The van der Waals surface area contributed by atoms with Gasteiger partial charge in [-0.05, 0) is 62.2 Å². The van der Waals surface area contributed by atoms with Crippen LogP contribution in [0.3, 0.4) is 0 Å². The van der Waals surface area contributed by atoms with Crippen molar-refractivity contribution in [3.63, 3.8) is 0 Å². The first kappa shape index (κ1) is 22.9. The van der Waals surface area contributed by atoms with Crippen molar-refractivity contribution < 1.29 is 13.9 Å². The summed E-state index contributed by atoms with van der Waals surface area (Å²) >= 11 is 0. The lowest BCUT2D eigenvalue weighted by molar-refractivity contribution is -0.118. The molecule has 1 amide bonds. The molecule has 7 heteroatoms. The van der Waals surface area contributed by atoms with E-state index in [1.165, 1.54) is 12.1 Å². The van der Waals surface area contributed by atoms with Gasteiger partial charge in [0.05, 0.1) is 13.7 Å². The van der Waals surface area contributed by atoms with Gasteiger partial charge in [-0.3, -0.25) is 14.6 Å². The van der Waals surface area contributed by atoms with Crippen LogP contribution in [0.2, 0.25) is 0 Å². The fourth-order valence-corrected chi connectivity index (χ4v) is 4.21. The summed E-state index contributed by atoms with van der Waals surface area (Å²) in [4.78, 5) is 26.2. The molecule has 0 bridgehead atoms. The van der Waals surface area contributed by atoms with Crippen LogP contribution >= 0.6 is 0 Å². The van der Waals surface area contributed by atoms with Crippen molar-refractivity contribution in [2.24, 2.45) is 0 Å². The zero-order valence-electron chi connectivity index (χ0n) is 19.3. The lowest BCUT2D eigenvalue weighted by Crippen LogP contribution is -2.38. The number of fused-ring (bicyclic) bond motifs is 1. The first-order chi connectivity index (χ1) is 15.9. The van der Waals surface area contributed by atoms with E-state index in [2.05, 4.69) is 4.90 Å². The molecule has 4 rings (SSSR count). The zero-order valence-corrected chi connectivity index (χ0v) is 19.3. The number of methoxy groups -OCH3 is 1. The van der Waals surface area contributed by atoms with Gasteiger partial charge < -0.3 is 4.74 Å². The molecule has 0 fully saturated rings. The standard InChI is InChI=1S/C26H29FN4O2/c1-18-23-11-12-25(32)31(14-13-19-5-4-6-22(15-19)33-3)26(23)29-24(28-18)17-30(2)16-20-7-9-21(27)10-8-20/h4-10,15H,11-14,16-17H2,1-3H3. The first-order valence-corrected chi connectivity index (χ1v) is 11.2. The van der Waals surface area contributed by atoms with E-state index in [-0.39, 0.29) is 11.7 Å². The van der Waals surface area contributed by atoms with Crippen LogP contribution in [0.25, 0.3) is 0 Å². The van der Waals surface area contributed by atoms with E-state index in [9.17, 15) is 9.18 Å². The number of ether oxygens (including phenoxy) is 1. The third kappa shape index (κ3) is 5.54. The molecule has 3 aromatic rings. The smallest absolute Gasteiger partial charge is 0.228 e. The second kappa shape index (κ2) is 10.1. The predicted octanol–water partition coefficient (Wildman–Crippen LogP) is 4.09. The molecule has 1 aliphatic rings. The Kier molecular flexibility index (Phi) is 6.99. The Morgan fingerprint density at radius 3 is 2.61 bits per heavy atom. The Morgan fingerprint density at radius 1 is 1.06 bits per heavy atom. The van der Waals surface area contributed by atoms with Crippen LogP contribution < -0.4 is 9.64 Å². The van der Waals surface area contributed by atoms with E-state index in [1.807, 2.05) is 38.2 Å². The summed E-state index contributed by atoms with van der Waals surface area (Å²) in [7, 11) is 3.63. The number of hydrogen-bond donors (Lipinski definition) is 0. The first-order valence-electron chi connectivity index (χ1n) is 11.2. The summed E-state index contributed by atoms with van der Waals surface area (Å²) in [5.74, 6) is 2.06. The van der Waals surface area contributed by atoms with E-state index >= 15 is 0 Å². The van der Waals surface area contributed by atoms with Crippen molar-refractivity contribution in [1.29, 1.82) is 0 Å². The highest BCUT2D eigenvalue weighted by Crippen LogP contribution is 2.28. The third-order valence-corrected chi connectivity index (χ3v) is 5.92. The summed E-state index contributed by atoms with van der Waals surface area (Å²) in [5.41, 5.74) is 4.09. The molecule has 0 saturated carbocycles. The van der Waals surface area contributed by atoms with Crippen molar-refractivity contribution in [2.75, 3.05) is 25.6 Å². The van der Waals surface area contributed by atoms with Crippen LogP contribution in [0.4, 0.5) is 10.2 Å². The molecule has 2 heterocycles. The van der Waals surface area contributed by atoms with Gasteiger partial charge in [-0.15, -0.1) is 0 Å². The average Bonchev–Trinajstić information content (AvgIpc) is 2.80. The van der Waals surface area contributed by atoms with Crippen molar-refractivity contribution in [1.82, 2.24) is 14.9 Å². The summed E-state index contributed by atoms with van der Waals surface area (Å²) in [6.07, 6.45) is 1.85. The number of rotatable bonds is 8. The Labute approximate surface area is 194 Å². The molecule has 2 aromatic carbocycles. The Balaban J connectivity index is 1.51. The van der Waals surface area contributed by atoms with Crippen LogP contribution in [0.1, 0.15) is 34.6 Å². The minimum Gasteiger partial charge on any atom is -0.497 e. The maximum Gasteiger partial charge on any atom is 0.228 e. The minimum atomic E-state index is -0.242. The average molecular weight is 449 g/mol. The van der Waals surface area contributed by atoms with E-state index in [1.54, 1.807) is 24.1 Å². The number of anilines is 1. The number of hydrogen-bond acceptors (Lipinski definition) is 5. The van der Waals surface area contributed by atoms with Crippen LogP contribution in [0.5, 0.6) is 5.75 Å². The van der Waals surface area contributed by atoms with E-state index < -0.39 is 0 Å². The summed E-state index contributed by atoms with van der Waals surface area (Å²) in [5, 5.41) is 0. The van der Waals surface area contributed by atoms with Crippen LogP contribution in [-0.4, -0.2) is 41.5 Å². The Morgan fingerprint density at radius 2 is 1.85 bits per heavy atom. The lowest BCUT2D eigenvalue weighted by Gasteiger charge is -2.30. The molecule has 1 aromatic heterocycles. The molecule has 6 nitrogen and oxygen atoms in total. The molecule has 0 N–H and O–H groups in total. The fourth-order valence-electron chi connectivity index (χ4n) is 4.21. The van der Waals surface area contributed by atoms with Gasteiger partial charge in [-0.2, -0.15) is 0 Å². The van der Waals surface area contributed by atoms with Crippen LogP contribution in [-0.2, 0) is 30.7 Å². The number of aryl methyl sites for hydroxylation is 1. The van der Waals surface area contributed by atoms with Gasteiger partial charge in [0.1, 0.15) is 23.2 Å². The van der Waals surface area contributed by atoms with Crippen molar-refractivity contribution in [3.05, 3.63) is 82.6 Å². The minimum absolute atomic E-state index is 0.0918. The number of halogens is 1. The molecule has 1 aliphatic heterocycles. The molecule has 0 unspecified atom stereocenters. The molecule has 172 valence electrons. The number of amides is 1. The van der Waals surface area contributed by atoms with Gasteiger partial charge in [-0.25, -0.2) is 14.4 Å². The molecule has 0 aliphatic carbocycles. The number of benzene rings is 2. The normalized spacial score (nSPS) is 13.4. The second-order valence-electron chi connectivity index (χ2n) is 8.47. The highest BCUT2D eigenvalue weighted by atomic mass is 19.1. The summed E-state index contributed by atoms with van der Waals surface area (Å²) in [6, 6.07) is 14.4. The van der Waals surface area contributed by atoms with Gasteiger partial charge in [0.25, 0.3) is 0 Å². The molecule has 0 spiro atoms. The van der Waals surface area contributed by atoms with Gasteiger partial charge in [0.2, 0.25) is 5.91 Å². The number of nitrogens with zero attached hydrogens (tertiary/aromatic N) is 4. The fraction of sp³-hybridized carbons (Fsp3) is 0.346. The molecule has 0 saturated heterocycles. The highest BCUT2D eigenvalue weighted by Gasteiger charge is 2.28. The van der Waals surface area contributed by atoms with Crippen molar-refractivity contribution >= 4 is 11.7 Å². The molecule has 33 heavy (non-hydrogen) atoms. The molecular formula is C26H29FN4O2. The van der Waals surface area contributed by atoms with Gasteiger partial charge in [-0.1, -0.05) is 24.3 Å². The largest absolute Gasteiger partial charge is 0.497 e. The molecule has 0 atom stereocenters. The highest BCUT2D eigenvalue weighted by molar-refractivity contribution is 5.95. The maximum absolute atomic E-state index is 13.2. The molecular weight excluding hydrogens is 419 g/mol. The van der Waals surface area contributed by atoms with Crippen LogP contribution in [0.15, 0.2) is 48.5 Å². The second-order valence-corrected chi connectivity index (χ2v) is 8.47. The predicted molar refractivity (Wildman–Crippen MR) is 126 cm³/mol. The quantitative estimate of drug-likeness (QED) is 0.520. The SMILES string of the molecule is COc1cccc(CCN2C(=O)CCc3c(C)nc(CN(C)Cc4ccc(F)cc4)nc32)c1. The Bertz CT molecular complexity index is 1130. The topological polar surface area (TPSA) is 58.6 Å². The van der Waals surface area contributed by atoms with Gasteiger partial charge >= 0.3 is 0 Å². The van der Waals surface area contributed by atoms with E-state index in [4.69, 9.17) is 14.7 Å². The van der Waals surface area contributed by atoms with Crippen LogP contribution in [0, 0.1) is 12.7 Å². The number of carbonyl (C=O) groups excluding carboxylic acids is 1. The third-order valence-electron chi connectivity index (χ3n) is 5.92. The summed E-state index contributed by atoms with van der Waals surface area (Å²) in [6.45, 7) is 3.72. The van der Waals surface area contributed by atoms with Crippen molar-refractivity contribution in [2.45, 2.75) is 39.3 Å². The molecule has 0 radical (unpaired) electrons. The zero-order chi connectivity index (χ0) is 23.4. The monoisotopic (exact) mass is 448 g/mol. The van der Waals surface area contributed by atoms with Gasteiger partial charge in [0.15, 0.2) is 0 Å². The van der Waals surface area contributed by atoms with Crippen molar-refractivity contribution in [3.8, 4) is 5.75 Å².